The molecule has 0 amide bonds. The largest absolute Gasteiger partial charge is 0.469 e. The summed E-state index contributed by atoms with van der Waals surface area (Å²) in [5, 5.41) is 0. The van der Waals surface area contributed by atoms with Crippen LogP contribution in [0, 0.1) is 46.3 Å². The molecule has 0 N–H and O–H groups in total. The number of ether oxygens (including phenoxy) is 3. The summed E-state index contributed by atoms with van der Waals surface area (Å²) < 4.78 is 16.8. The maximum Gasteiger partial charge on any atom is 0.313 e. The number of hydrogen-bond donors (Lipinski definition) is 0. The highest BCUT2D eigenvalue weighted by molar-refractivity contribution is 5.98. The molecule has 1 saturated heterocycles. The molecule has 1 heterocycles. The summed E-state index contributed by atoms with van der Waals surface area (Å²) in [6.07, 6.45) is 2.12. The number of epoxide rings is 1. The van der Waals surface area contributed by atoms with Gasteiger partial charge < -0.3 is 14.2 Å². The summed E-state index contributed by atoms with van der Waals surface area (Å²) in [4.78, 5) is 25.7. The molecule has 8 rings (SSSR count). The van der Waals surface area contributed by atoms with Crippen LogP contribution in [-0.4, -0.2) is 37.4 Å². The molecule has 0 aromatic carbocycles. The summed E-state index contributed by atoms with van der Waals surface area (Å²) in [6, 6.07) is 0. The van der Waals surface area contributed by atoms with E-state index in [0.29, 0.717) is 23.7 Å². The van der Waals surface area contributed by atoms with Crippen LogP contribution in [0.1, 0.15) is 12.8 Å². The van der Waals surface area contributed by atoms with E-state index >= 15 is 0 Å². The molecule has 7 aliphatic carbocycles. The quantitative estimate of drug-likeness (QED) is 0.542. The monoisotopic (exact) mass is 288 g/mol. The average Bonchev–Trinajstić information content (AvgIpc) is 2.69. The Balaban J connectivity index is 1.62. The third kappa shape index (κ3) is 0.491. The highest BCUT2D eigenvalue weighted by atomic mass is 16.6. The molecule has 0 aromatic heterocycles. The SMILES string of the molecule is COC(=O)C12C3C4CC5C3C1(C(=O)OC)C1CC2C42OC512. The van der Waals surface area contributed by atoms with Gasteiger partial charge in [0.15, 0.2) is 0 Å². The fourth-order valence-corrected chi connectivity index (χ4v) is 9.70. The topological polar surface area (TPSA) is 65.1 Å². The summed E-state index contributed by atoms with van der Waals surface area (Å²) in [7, 11) is 2.91. The lowest BCUT2D eigenvalue weighted by Gasteiger charge is -2.60. The minimum absolute atomic E-state index is 0.0638. The van der Waals surface area contributed by atoms with E-state index in [1.54, 1.807) is 0 Å². The van der Waals surface area contributed by atoms with Crippen LogP contribution in [0.3, 0.4) is 0 Å². The molecule has 4 bridgehead atoms. The van der Waals surface area contributed by atoms with Crippen molar-refractivity contribution >= 4 is 11.9 Å². The van der Waals surface area contributed by atoms with E-state index in [0.717, 1.165) is 12.8 Å². The first-order valence-electron chi connectivity index (χ1n) is 7.98. The molecule has 1 aliphatic heterocycles. The van der Waals surface area contributed by atoms with Crippen LogP contribution in [0.2, 0.25) is 0 Å². The van der Waals surface area contributed by atoms with E-state index in [-0.39, 0.29) is 35.0 Å². The minimum atomic E-state index is -0.625. The summed E-state index contributed by atoms with van der Waals surface area (Å²) >= 11 is 0. The number of hydrogen-bond acceptors (Lipinski definition) is 5. The Kier molecular flexibility index (Phi) is 1.13. The Labute approximate surface area is 121 Å². The third-order valence-electron chi connectivity index (χ3n) is 9.16. The van der Waals surface area contributed by atoms with Crippen LogP contribution >= 0.6 is 0 Å². The van der Waals surface area contributed by atoms with Crippen molar-refractivity contribution in [3.63, 3.8) is 0 Å². The van der Waals surface area contributed by atoms with Gasteiger partial charge in [-0.3, -0.25) is 9.59 Å². The number of rotatable bonds is 2. The Morgan fingerprint density at radius 2 is 1.38 bits per heavy atom. The van der Waals surface area contributed by atoms with Gasteiger partial charge in [-0.2, -0.15) is 0 Å². The summed E-state index contributed by atoms with van der Waals surface area (Å²) in [5.74, 6) is 1.64. The van der Waals surface area contributed by atoms with Crippen molar-refractivity contribution in [3.8, 4) is 0 Å². The highest BCUT2D eigenvalue weighted by Crippen LogP contribution is 3.07. The fourth-order valence-electron chi connectivity index (χ4n) is 9.70. The number of carbonyl (C=O) groups excluding carboxylic acids is 2. The standard InChI is InChI=1S/C16H16O5/c1-19-11(17)13-7-4-8-14(13,12(18)20-2)10-6-3-5(9(10)13)15(7)16(6,8)21-15/h5-10H,3-4H2,1-2H3. The van der Waals surface area contributed by atoms with Crippen molar-refractivity contribution in [2.75, 3.05) is 14.2 Å². The molecule has 2 spiro atoms. The van der Waals surface area contributed by atoms with Crippen LogP contribution in [0.5, 0.6) is 0 Å². The van der Waals surface area contributed by atoms with E-state index in [1.807, 2.05) is 0 Å². The zero-order valence-electron chi connectivity index (χ0n) is 11.9. The first kappa shape index (κ1) is 10.6. The second-order valence-electron chi connectivity index (χ2n) is 8.25. The first-order valence-corrected chi connectivity index (χ1v) is 7.98. The molecule has 0 aromatic rings. The number of esters is 2. The molecule has 10 unspecified atom stereocenters. The van der Waals surface area contributed by atoms with Gasteiger partial charge in [-0.05, 0) is 36.5 Å². The first-order chi connectivity index (χ1) is 10.1. The maximum atomic E-state index is 12.9. The lowest BCUT2D eigenvalue weighted by molar-refractivity contribution is -0.226. The minimum Gasteiger partial charge on any atom is -0.469 e. The highest BCUT2D eigenvalue weighted by Gasteiger charge is 3.16. The van der Waals surface area contributed by atoms with E-state index in [2.05, 4.69) is 0 Å². The van der Waals surface area contributed by atoms with Crippen LogP contribution in [0.25, 0.3) is 0 Å². The Bertz CT molecular complexity index is 647. The zero-order chi connectivity index (χ0) is 14.2. The molecule has 8 fully saturated rings. The van der Waals surface area contributed by atoms with Crippen LogP contribution in [-0.2, 0) is 23.8 Å². The van der Waals surface area contributed by atoms with E-state index < -0.39 is 10.8 Å². The van der Waals surface area contributed by atoms with Gasteiger partial charge in [-0.1, -0.05) is 0 Å². The van der Waals surface area contributed by atoms with Gasteiger partial charge in [0.1, 0.15) is 11.2 Å². The molecule has 7 saturated carbocycles. The Morgan fingerprint density at radius 1 is 0.905 bits per heavy atom. The molecule has 110 valence electrons. The molecule has 5 heteroatoms. The molecule has 5 nitrogen and oxygen atoms in total. The van der Waals surface area contributed by atoms with E-state index in [1.165, 1.54) is 14.2 Å². The van der Waals surface area contributed by atoms with Gasteiger partial charge in [0.05, 0.1) is 25.0 Å². The molecule has 8 aliphatic rings. The van der Waals surface area contributed by atoms with Gasteiger partial charge in [0, 0.05) is 11.8 Å². The van der Waals surface area contributed by atoms with Gasteiger partial charge in [-0.25, -0.2) is 0 Å². The summed E-state index contributed by atoms with van der Waals surface area (Å²) in [5.41, 5.74) is -1.38. The van der Waals surface area contributed by atoms with Crippen LogP contribution in [0.15, 0.2) is 0 Å². The third-order valence-corrected chi connectivity index (χ3v) is 9.16. The molecule has 0 radical (unpaired) electrons. The zero-order valence-corrected chi connectivity index (χ0v) is 11.9. The van der Waals surface area contributed by atoms with Gasteiger partial charge in [-0.15, -0.1) is 0 Å². The van der Waals surface area contributed by atoms with Crippen molar-refractivity contribution < 1.29 is 23.8 Å². The Morgan fingerprint density at radius 3 is 1.81 bits per heavy atom. The van der Waals surface area contributed by atoms with Crippen molar-refractivity contribution in [1.82, 2.24) is 0 Å². The molecular formula is C16H16O5. The van der Waals surface area contributed by atoms with Crippen molar-refractivity contribution in [1.29, 1.82) is 0 Å². The smallest absolute Gasteiger partial charge is 0.313 e. The van der Waals surface area contributed by atoms with Crippen molar-refractivity contribution in [2.45, 2.75) is 24.0 Å². The van der Waals surface area contributed by atoms with Gasteiger partial charge in [0.25, 0.3) is 0 Å². The average molecular weight is 288 g/mol. The van der Waals surface area contributed by atoms with Crippen molar-refractivity contribution in [3.05, 3.63) is 0 Å². The van der Waals surface area contributed by atoms with Crippen LogP contribution in [0.4, 0.5) is 0 Å². The van der Waals surface area contributed by atoms with Crippen LogP contribution < -0.4 is 0 Å². The van der Waals surface area contributed by atoms with Crippen molar-refractivity contribution in [2.24, 2.45) is 46.3 Å². The lowest BCUT2D eigenvalue weighted by atomic mass is 9.39. The predicted octanol–water partition coefficient (Wildman–Crippen LogP) is 0.372. The Hall–Kier alpha value is -1.10. The number of methoxy groups -OCH3 is 2. The second-order valence-corrected chi connectivity index (χ2v) is 8.25. The van der Waals surface area contributed by atoms with E-state index in [9.17, 15) is 9.59 Å². The molecular weight excluding hydrogens is 272 g/mol. The predicted molar refractivity (Wildman–Crippen MR) is 65.6 cm³/mol. The van der Waals surface area contributed by atoms with E-state index in [4.69, 9.17) is 14.2 Å². The fraction of sp³-hybridized carbons (Fsp3) is 0.875. The molecule has 10 atom stereocenters. The lowest BCUT2D eigenvalue weighted by Crippen LogP contribution is -2.70. The normalized spacial score (nSPS) is 73.8. The second kappa shape index (κ2) is 2.25. The summed E-state index contributed by atoms with van der Waals surface area (Å²) in [6.45, 7) is 0. The number of carbonyl (C=O) groups is 2. The molecule has 21 heavy (non-hydrogen) atoms. The maximum absolute atomic E-state index is 12.9. The van der Waals surface area contributed by atoms with Gasteiger partial charge >= 0.3 is 11.9 Å². The van der Waals surface area contributed by atoms with Gasteiger partial charge in [0.2, 0.25) is 0 Å².